The van der Waals surface area contributed by atoms with Crippen molar-refractivity contribution >= 4 is 17.6 Å². The number of hydrogen-bond donors (Lipinski definition) is 2. The summed E-state index contributed by atoms with van der Waals surface area (Å²) in [7, 11) is 0. The molecule has 1 aromatic carbocycles. The number of amides is 2. The molecule has 1 aliphatic rings. The van der Waals surface area contributed by atoms with Crippen LogP contribution in [0.3, 0.4) is 0 Å². The maximum absolute atomic E-state index is 11.9. The summed E-state index contributed by atoms with van der Waals surface area (Å²) in [6, 6.07) is 6.22. The van der Waals surface area contributed by atoms with Gasteiger partial charge in [0, 0.05) is 18.8 Å². The van der Waals surface area contributed by atoms with E-state index in [0.29, 0.717) is 6.42 Å². The number of hydrogen-bond acceptors (Lipinski definition) is 4. The Morgan fingerprint density at radius 2 is 2.06 bits per heavy atom. The lowest BCUT2D eigenvalue weighted by atomic mass is 9.90. The molecule has 2 rings (SSSR count). The van der Waals surface area contributed by atoms with Crippen molar-refractivity contribution in [2.24, 2.45) is 5.92 Å². The lowest BCUT2D eigenvalue weighted by Crippen LogP contribution is -2.41. The average Bonchev–Trinajstić information content (AvgIpc) is 2.33. The van der Waals surface area contributed by atoms with Crippen LogP contribution in [0.5, 0.6) is 5.75 Å². The molecule has 0 spiro atoms. The van der Waals surface area contributed by atoms with Crippen LogP contribution < -0.4 is 5.32 Å². The topological polar surface area (TPSA) is 83.5 Å². The molecule has 5 nitrogen and oxygen atoms in total. The Morgan fingerprint density at radius 3 is 2.72 bits per heavy atom. The summed E-state index contributed by atoms with van der Waals surface area (Å²) in [6.07, 6.45) is 0.644. The van der Waals surface area contributed by atoms with Gasteiger partial charge in [-0.2, -0.15) is 0 Å². The minimum Gasteiger partial charge on any atom is -0.507 e. The van der Waals surface area contributed by atoms with E-state index in [1.165, 1.54) is 12.1 Å². The molecular weight excluding hydrogens is 234 g/mol. The molecule has 94 valence electrons. The van der Waals surface area contributed by atoms with Gasteiger partial charge < -0.3 is 5.11 Å². The number of rotatable bonds is 3. The van der Waals surface area contributed by atoms with Gasteiger partial charge in [0.25, 0.3) is 0 Å². The van der Waals surface area contributed by atoms with E-state index >= 15 is 0 Å². The molecule has 0 aromatic heterocycles. The lowest BCUT2D eigenvalue weighted by molar-refractivity contribution is -0.136. The third-order valence-corrected chi connectivity index (χ3v) is 2.99. The highest BCUT2D eigenvalue weighted by molar-refractivity contribution is 6.04. The van der Waals surface area contributed by atoms with E-state index in [1.807, 2.05) is 0 Å². The van der Waals surface area contributed by atoms with E-state index in [9.17, 15) is 19.5 Å². The molecule has 18 heavy (non-hydrogen) atoms. The number of benzene rings is 1. The van der Waals surface area contributed by atoms with Crippen molar-refractivity contribution in [3.63, 3.8) is 0 Å². The largest absolute Gasteiger partial charge is 0.507 e. The Morgan fingerprint density at radius 1 is 1.33 bits per heavy atom. The number of aromatic hydroxyl groups is 1. The van der Waals surface area contributed by atoms with Crippen LogP contribution in [0.25, 0.3) is 0 Å². The first kappa shape index (κ1) is 12.3. The Balaban J connectivity index is 2.06. The molecule has 1 atom stereocenters. The van der Waals surface area contributed by atoms with Crippen LogP contribution >= 0.6 is 0 Å². The first-order valence-electron chi connectivity index (χ1n) is 5.73. The summed E-state index contributed by atoms with van der Waals surface area (Å²) in [6.45, 7) is 0. The van der Waals surface area contributed by atoms with E-state index in [4.69, 9.17) is 0 Å². The first-order chi connectivity index (χ1) is 8.58. The number of imide groups is 1. The summed E-state index contributed by atoms with van der Waals surface area (Å²) in [5.74, 6) is -1.58. The van der Waals surface area contributed by atoms with Crippen LogP contribution in [0.1, 0.15) is 29.6 Å². The SMILES string of the molecule is O=C1CCC(CC(=O)c2ccccc2O)C(=O)N1. The molecule has 1 heterocycles. The zero-order valence-electron chi connectivity index (χ0n) is 9.68. The molecule has 1 unspecified atom stereocenters. The van der Waals surface area contributed by atoms with Gasteiger partial charge in [0.1, 0.15) is 5.75 Å². The van der Waals surface area contributed by atoms with E-state index < -0.39 is 11.8 Å². The van der Waals surface area contributed by atoms with Gasteiger partial charge in [0.15, 0.2) is 5.78 Å². The second-order valence-electron chi connectivity index (χ2n) is 4.29. The van der Waals surface area contributed by atoms with Gasteiger partial charge in [0.05, 0.1) is 5.56 Å². The minimum atomic E-state index is -0.491. The molecular formula is C13H13NO4. The second kappa shape index (κ2) is 5.00. The molecule has 0 radical (unpaired) electrons. The summed E-state index contributed by atoms with van der Waals surface area (Å²) in [4.78, 5) is 34.4. The van der Waals surface area contributed by atoms with Gasteiger partial charge in [0.2, 0.25) is 11.8 Å². The minimum absolute atomic E-state index is 0.0106. The predicted octanol–water partition coefficient (Wildman–Crippen LogP) is 1.02. The summed E-state index contributed by atoms with van der Waals surface area (Å²) in [5, 5.41) is 11.8. The van der Waals surface area contributed by atoms with Crippen molar-refractivity contribution in [1.29, 1.82) is 0 Å². The van der Waals surface area contributed by atoms with Gasteiger partial charge in [-0.3, -0.25) is 19.7 Å². The highest BCUT2D eigenvalue weighted by atomic mass is 16.3. The third-order valence-electron chi connectivity index (χ3n) is 2.99. The number of piperidine rings is 1. The van der Waals surface area contributed by atoms with Crippen LogP contribution in [0.15, 0.2) is 24.3 Å². The fourth-order valence-corrected chi connectivity index (χ4v) is 1.98. The first-order valence-corrected chi connectivity index (χ1v) is 5.73. The Bertz CT molecular complexity index is 509. The quantitative estimate of drug-likeness (QED) is 0.617. The van der Waals surface area contributed by atoms with Crippen LogP contribution in [0.2, 0.25) is 0 Å². The maximum Gasteiger partial charge on any atom is 0.230 e. The van der Waals surface area contributed by atoms with Crippen molar-refractivity contribution in [1.82, 2.24) is 5.32 Å². The molecule has 0 aliphatic carbocycles. The molecule has 0 saturated carbocycles. The molecule has 5 heteroatoms. The fraction of sp³-hybridized carbons (Fsp3) is 0.308. The fourth-order valence-electron chi connectivity index (χ4n) is 1.98. The van der Waals surface area contributed by atoms with E-state index in [1.54, 1.807) is 12.1 Å². The summed E-state index contributed by atoms with van der Waals surface area (Å²) in [5.41, 5.74) is 0.210. The summed E-state index contributed by atoms with van der Waals surface area (Å²) < 4.78 is 0. The molecule has 2 N–H and O–H groups in total. The van der Waals surface area contributed by atoms with E-state index in [0.717, 1.165) is 0 Å². The number of phenolic OH excluding ortho intramolecular Hbond substituents is 1. The number of nitrogens with one attached hydrogen (secondary N) is 1. The Kier molecular flexibility index (Phi) is 3.41. The molecule has 1 fully saturated rings. The van der Waals surface area contributed by atoms with Crippen molar-refractivity contribution in [2.45, 2.75) is 19.3 Å². The molecule has 0 bridgehead atoms. The van der Waals surface area contributed by atoms with E-state index in [-0.39, 0.29) is 35.8 Å². The summed E-state index contributed by atoms with van der Waals surface area (Å²) >= 11 is 0. The molecule has 1 aliphatic heterocycles. The molecule has 1 aromatic rings. The van der Waals surface area contributed by atoms with Crippen molar-refractivity contribution < 1.29 is 19.5 Å². The highest BCUT2D eigenvalue weighted by Crippen LogP contribution is 2.23. The normalized spacial score (nSPS) is 19.4. The van der Waals surface area contributed by atoms with E-state index in [2.05, 4.69) is 5.32 Å². The van der Waals surface area contributed by atoms with Crippen LogP contribution in [-0.4, -0.2) is 22.7 Å². The zero-order valence-corrected chi connectivity index (χ0v) is 9.68. The zero-order chi connectivity index (χ0) is 13.1. The number of Topliss-reactive ketones (excluding diaryl/α,β-unsaturated/α-hetero) is 1. The predicted molar refractivity (Wildman–Crippen MR) is 62.9 cm³/mol. The van der Waals surface area contributed by atoms with Crippen LogP contribution in [0, 0.1) is 5.92 Å². The van der Waals surface area contributed by atoms with Crippen LogP contribution in [-0.2, 0) is 9.59 Å². The Labute approximate surface area is 104 Å². The monoisotopic (exact) mass is 247 g/mol. The lowest BCUT2D eigenvalue weighted by Gasteiger charge is -2.20. The molecule has 1 saturated heterocycles. The smallest absolute Gasteiger partial charge is 0.230 e. The Hall–Kier alpha value is -2.17. The standard InChI is InChI=1S/C13H13NO4/c15-10-4-2-1-3-9(10)11(16)7-8-5-6-12(17)14-13(8)18/h1-4,8,15H,5-7H2,(H,14,17,18). The number of carbonyl (C=O) groups is 3. The number of phenols is 1. The van der Waals surface area contributed by atoms with Crippen LogP contribution in [0.4, 0.5) is 0 Å². The number of carbonyl (C=O) groups excluding carboxylic acids is 3. The van der Waals surface area contributed by atoms with Crippen molar-refractivity contribution in [3.05, 3.63) is 29.8 Å². The molecule has 2 amide bonds. The average molecular weight is 247 g/mol. The third kappa shape index (κ3) is 2.56. The van der Waals surface area contributed by atoms with Gasteiger partial charge in [-0.25, -0.2) is 0 Å². The maximum atomic E-state index is 11.9. The van der Waals surface area contributed by atoms with Gasteiger partial charge in [-0.05, 0) is 18.6 Å². The van der Waals surface area contributed by atoms with Crippen molar-refractivity contribution in [3.8, 4) is 5.75 Å². The van der Waals surface area contributed by atoms with Gasteiger partial charge in [-0.15, -0.1) is 0 Å². The number of ketones is 1. The van der Waals surface area contributed by atoms with Gasteiger partial charge >= 0.3 is 0 Å². The highest BCUT2D eigenvalue weighted by Gasteiger charge is 2.29. The second-order valence-corrected chi connectivity index (χ2v) is 4.29. The number of para-hydroxylation sites is 1. The van der Waals surface area contributed by atoms with Gasteiger partial charge in [-0.1, -0.05) is 12.1 Å². The van der Waals surface area contributed by atoms with Crippen molar-refractivity contribution in [2.75, 3.05) is 0 Å².